The van der Waals surface area contributed by atoms with Gasteiger partial charge in [-0.25, -0.2) is 0 Å². The molecule has 1 aliphatic carbocycles. The molecular formula is C26H51N5O9. The van der Waals surface area contributed by atoms with E-state index in [0.717, 1.165) is 0 Å². The summed E-state index contributed by atoms with van der Waals surface area (Å²) in [6.07, 6.45) is -2.70. The molecule has 14 nitrogen and oxygen atoms in total. The Morgan fingerprint density at radius 3 is 2.55 bits per heavy atom. The molecule has 234 valence electrons. The maximum atomic E-state index is 11.6. The zero-order valence-corrected chi connectivity index (χ0v) is 23.6. The Balaban J connectivity index is 1.73. The Morgan fingerprint density at radius 1 is 1.15 bits per heavy atom. The monoisotopic (exact) mass is 577 g/mol. The first-order valence-electron chi connectivity index (χ1n) is 14.3. The number of hydrogen-bond acceptors (Lipinski definition) is 14. The Labute approximate surface area is 236 Å². The van der Waals surface area contributed by atoms with Gasteiger partial charge in [-0.3, -0.25) is 0 Å². The van der Waals surface area contributed by atoms with Crippen molar-refractivity contribution in [2.45, 2.75) is 106 Å². The van der Waals surface area contributed by atoms with Gasteiger partial charge in [0, 0.05) is 19.2 Å². The van der Waals surface area contributed by atoms with Crippen LogP contribution in [-0.4, -0.2) is 132 Å². The zero-order chi connectivity index (χ0) is 29.4. The largest absolute Gasteiger partial charge is 0.467 e. The first kappa shape index (κ1) is 33.5. The summed E-state index contributed by atoms with van der Waals surface area (Å²) >= 11 is 0. The van der Waals surface area contributed by atoms with Crippen molar-refractivity contribution in [3.63, 3.8) is 0 Å². The van der Waals surface area contributed by atoms with Crippen LogP contribution >= 0.6 is 0 Å². The second-order valence-electron chi connectivity index (χ2n) is 11.4. The third-order valence-electron chi connectivity index (χ3n) is 8.05. The Hall–Kier alpha value is -0.980. The van der Waals surface area contributed by atoms with Gasteiger partial charge in [0.05, 0.1) is 37.4 Å². The third kappa shape index (κ3) is 8.53. The fraction of sp³-hybridized carbons (Fsp3) is 0.923. The van der Waals surface area contributed by atoms with Crippen molar-refractivity contribution in [2.24, 2.45) is 23.1 Å². The molecular weight excluding hydrogens is 526 g/mol. The Bertz CT molecular complexity index is 794. The number of aliphatic hydroxyl groups excluding tert-OH is 4. The summed E-state index contributed by atoms with van der Waals surface area (Å²) in [5, 5.41) is 58.2. The predicted molar refractivity (Wildman–Crippen MR) is 145 cm³/mol. The molecule has 2 unspecified atom stereocenters. The van der Waals surface area contributed by atoms with Gasteiger partial charge in [-0.1, -0.05) is 0 Å². The molecule has 0 aromatic carbocycles. The number of rotatable bonds is 14. The number of ether oxygens (including phenoxy) is 4. The molecule has 0 aromatic rings. The molecule has 12 atom stereocenters. The highest BCUT2D eigenvalue weighted by molar-refractivity contribution is 5.04. The minimum absolute atomic E-state index is 0.0915. The number of likely N-dealkylation sites (N-methyl/N-ethyl adjacent to an activating group) is 1. The quantitative estimate of drug-likeness (QED) is 0.0903. The zero-order valence-electron chi connectivity index (χ0n) is 23.6. The van der Waals surface area contributed by atoms with Crippen LogP contribution in [0.1, 0.15) is 39.0 Å². The molecule has 40 heavy (non-hydrogen) atoms. The van der Waals surface area contributed by atoms with Crippen molar-refractivity contribution in [3.05, 3.63) is 11.8 Å². The lowest BCUT2D eigenvalue weighted by Crippen LogP contribution is -2.67. The molecule has 3 aliphatic rings. The highest BCUT2D eigenvalue weighted by atomic mass is 16.7. The molecule has 0 spiro atoms. The molecule has 1 saturated heterocycles. The summed E-state index contributed by atoms with van der Waals surface area (Å²) in [4.78, 5) is 0. The van der Waals surface area contributed by atoms with E-state index in [4.69, 9.17) is 41.3 Å². The van der Waals surface area contributed by atoms with Crippen molar-refractivity contribution in [3.8, 4) is 0 Å². The summed E-state index contributed by atoms with van der Waals surface area (Å²) in [6, 6.07) is -1.81. The van der Waals surface area contributed by atoms with Crippen LogP contribution in [0, 0.1) is 5.92 Å². The molecule has 2 heterocycles. The van der Waals surface area contributed by atoms with E-state index < -0.39 is 66.8 Å². The van der Waals surface area contributed by atoms with Gasteiger partial charge in [0.2, 0.25) is 6.29 Å². The molecule has 0 amide bonds. The molecule has 0 radical (unpaired) electrons. The highest BCUT2D eigenvalue weighted by Crippen LogP contribution is 2.36. The second-order valence-corrected chi connectivity index (χ2v) is 11.4. The van der Waals surface area contributed by atoms with E-state index in [0.29, 0.717) is 51.0 Å². The number of aliphatic hydroxyl groups is 5. The van der Waals surface area contributed by atoms with Gasteiger partial charge in [-0.15, -0.1) is 0 Å². The maximum absolute atomic E-state index is 11.6. The lowest BCUT2D eigenvalue weighted by atomic mass is 9.77. The van der Waals surface area contributed by atoms with Crippen molar-refractivity contribution >= 4 is 0 Å². The summed E-state index contributed by atoms with van der Waals surface area (Å²) in [7, 11) is 1.62. The minimum Gasteiger partial charge on any atom is -0.467 e. The SMILES string of the molecule is CN[C@@H]1[C@@H](O)[C@@H](O[C@H]2[C@H](CCC(O)CN)C[C@H](N)C(O[C@H]3OC(CNCCCO)=CC[C@H]3N)[C@@H]2O)OC[C@]1(C)O. The van der Waals surface area contributed by atoms with Crippen LogP contribution in [-0.2, 0) is 18.9 Å². The lowest BCUT2D eigenvalue weighted by molar-refractivity contribution is -0.308. The van der Waals surface area contributed by atoms with Crippen molar-refractivity contribution in [2.75, 3.05) is 39.9 Å². The molecule has 2 aliphatic heterocycles. The first-order chi connectivity index (χ1) is 19.0. The maximum Gasteiger partial charge on any atom is 0.215 e. The number of nitrogens with two attached hydrogens (primary N) is 3. The van der Waals surface area contributed by atoms with Crippen LogP contribution < -0.4 is 27.8 Å². The fourth-order valence-electron chi connectivity index (χ4n) is 5.71. The lowest BCUT2D eigenvalue weighted by Gasteiger charge is -2.49. The molecule has 3 rings (SSSR count). The van der Waals surface area contributed by atoms with E-state index in [2.05, 4.69) is 10.6 Å². The van der Waals surface area contributed by atoms with E-state index in [-0.39, 0.29) is 25.7 Å². The second kappa shape index (κ2) is 15.5. The van der Waals surface area contributed by atoms with Gasteiger partial charge in [0.25, 0.3) is 0 Å². The smallest absolute Gasteiger partial charge is 0.215 e. The summed E-state index contributed by atoms with van der Waals surface area (Å²) < 4.78 is 24.1. The van der Waals surface area contributed by atoms with Crippen LogP contribution in [0.2, 0.25) is 0 Å². The van der Waals surface area contributed by atoms with E-state index in [1.807, 2.05) is 6.08 Å². The average molecular weight is 578 g/mol. The van der Waals surface area contributed by atoms with Gasteiger partial charge in [-0.2, -0.15) is 0 Å². The van der Waals surface area contributed by atoms with Gasteiger partial charge < -0.3 is 72.3 Å². The molecule has 0 bridgehead atoms. The van der Waals surface area contributed by atoms with Crippen molar-refractivity contribution in [1.29, 1.82) is 0 Å². The van der Waals surface area contributed by atoms with Gasteiger partial charge in [0.15, 0.2) is 6.29 Å². The number of nitrogens with one attached hydrogen (secondary N) is 2. The van der Waals surface area contributed by atoms with Gasteiger partial charge in [0.1, 0.15) is 29.7 Å². The first-order valence-corrected chi connectivity index (χ1v) is 14.3. The topological polar surface area (TPSA) is 240 Å². The predicted octanol–water partition coefficient (Wildman–Crippen LogP) is -3.45. The van der Waals surface area contributed by atoms with Crippen LogP contribution in [0.3, 0.4) is 0 Å². The van der Waals surface area contributed by atoms with Gasteiger partial charge >= 0.3 is 0 Å². The Kier molecular flexibility index (Phi) is 13.0. The molecule has 13 N–H and O–H groups in total. The average Bonchev–Trinajstić information content (AvgIpc) is 2.92. The summed E-state index contributed by atoms with van der Waals surface area (Å²) in [5.41, 5.74) is 17.1. The number of hydrogen-bond donors (Lipinski definition) is 10. The van der Waals surface area contributed by atoms with Crippen LogP contribution in [0.15, 0.2) is 11.8 Å². The molecule has 2 fully saturated rings. The van der Waals surface area contributed by atoms with E-state index in [1.165, 1.54) is 0 Å². The summed E-state index contributed by atoms with van der Waals surface area (Å²) in [6.45, 7) is 2.72. The Morgan fingerprint density at radius 2 is 1.88 bits per heavy atom. The molecule has 1 saturated carbocycles. The van der Waals surface area contributed by atoms with Crippen LogP contribution in [0.4, 0.5) is 0 Å². The highest BCUT2D eigenvalue weighted by Gasteiger charge is 2.51. The van der Waals surface area contributed by atoms with Crippen molar-refractivity contribution in [1.82, 2.24) is 10.6 Å². The summed E-state index contributed by atoms with van der Waals surface area (Å²) in [5.74, 6) is 0.346. The third-order valence-corrected chi connectivity index (χ3v) is 8.05. The standard InChI is InChI=1S/C26H51N5O9/c1-26(36)13-37-25(20(35)23(26)30-2)39-21-14(4-5-15(33)11-27)10-18(29)22(19(21)34)40-24-17(28)7-6-16(38-24)12-31-8-3-9-32/h6,14-15,17-25,30-36H,3-5,7-13,27-29H2,1-2H3/t14-,15?,17-,18+,19-,20-,21+,22?,23-,24-,25-,26+/m1/s1. The van der Waals surface area contributed by atoms with Crippen molar-refractivity contribution < 1.29 is 44.5 Å². The van der Waals surface area contributed by atoms with Crippen LogP contribution in [0.5, 0.6) is 0 Å². The van der Waals surface area contributed by atoms with E-state index >= 15 is 0 Å². The molecule has 0 aromatic heterocycles. The fourth-order valence-corrected chi connectivity index (χ4v) is 5.71. The van der Waals surface area contributed by atoms with E-state index in [1.54, 1.807) is 14.0 Å². The van der Waals surface area contributed by atoms with E-state index in [9.17, 15) is 20.4 Å². The minimum atomic E-state index is -1.33. The normalized spacial score (nSPS) is 41.3. The van der Waals surface area contributed by atoms with Gasteiger partial charge in [-0.05, 0) is 64.6 Å². The molecule has 14 heteroatoms. The van der Waals surface area contributed by atoms with Crippen LogP contribution in [0.25, 0.3) is 0 Å².